The molecule has 0 amide bonds. The van der Waals surface area contributed by atoms with Crippen molar-refractivity contribution < 1.29 is 17.9 Å². The first-order chi connectivity index (χ1) is 13.6. The molecule has 0 aliphatic rings. The number of esters is 1. The minimum absolute atomic E-state index is 0.222. The molecule has 9 heteroatoms. The van der Waals surface area contributed by atoms with E-state index < -0.39 is 20.6 Å². The number of hydrogen-bond donors (Lipinski definition) is 2. The maximum absolute atomic E-state index is 12.9. The van der Waals surface area contributed by atoms with E-state index >= 15 is 0 Å². The van der Waals surface area contributed by atoms with Crippen molar-refractivity contribution in [3.8, 4) is 0 Å². The standard InChI is InChI=1S/C20H24N4O4S/c1-6-28-19(25)17-12(2)18(24-23-17)22-16-9-10-21-15-8-7-13(11-14(15)16)29(26,27)20(3,4)5/h7-11H,6H2,1-5H3,(H2,21,22,23,24). The predicted molar refractivity (Wildman–Crippen MR) is 111 cm³/mol. The lowest BCUT2D eigenvalue weighted by Crippen LogP contribution is -2.27. The number of anilines is 2. The Morgan fingerprint density at radius 3 is 2.62 bits per heavy atom. The Labute approximate surface area is 169 Å². The zero-order valence-electron chi connectivity index (χ0n) is 17.0. The quantitative estimate of drug-likeness (QED) is 0.609. The number of H-pyrrole nitrogens is 1. The monoisotopic (exact) mass is 416 g/mol. The molecule has 2 heterocycles. The second-order valence-electron chi connectivity index (χ2n) is 7.57. The van der Waals surface area contributed by atoms with E-state index in [1.165, 1.54) is 0 Å². The molecular weight excluding hydrogens is 392 g/mol. The van der Waals surface area contributed by atoms with Crippen molar-refractivity contribution in [3.63, 3.8) is 0 Å². The molecule has 3 aromatic rings. The van der Waals surface area contributed by atoms with E-state index in [2.05, 4.69) is 20.5 Å². The lowest BCUT2D eigenvalue weighted by molar-refractivity contribution is 0.0518. The van der Waals surface area contributed by atoms with E-state index in [0.717, 1.165) is 0 Å². The van der Waals surface area contributed by atoms with Crippen molar-refractivity contribution in [2.75, 3.05) is 11.9 Å². The van der Waals surface area contributed by atoms with E-state index in [4.69, 9.17) is 4.74 Å². The van der Waals surface area contributed by atoms with Crippen molar-refractivity contribution in [3.05, 3.63) is 41.7 Å². The summed E-state index contributed by atoms with van der Waals surface area (Å²) in [6.07, 6.45) is 1.62. The van der Waals surface area contributed by atoms with Crippen molar-refractivity contribution >= 4 is 38.2 Å². The number of hydrogen-bond acceptors (Lipinski definition) is 7. The van der Waals surface area contributed by atoms with E-state index in [9.17, 15) is 13.2 Å². The summed E-state index contributed by atoms with van der Waals surface area (Å²) < 4.78 is 29.8. The second-order valence-corrected chi connectivity index (χ2v) is 10.3. The number of nitrogens with zero attached hydrogens (tertiary/aromatic N) is 2. The number of fused-ring (bicyclic) bond motifs is 1. The van der Waals surface area contributed by atoms with Crippen LogP contribution in [0.25, 0.3) is 10.9 Å². The molecule has 2 aromatic heterocycles. The fourth-order valence-corrected chi connectivity index (χ4v) is 4.03. The summed E-state index contributed by atoms with van der Waals surface area (Å²) in [5.74, 6) is -0.0340. The van der Waals surface area contributed by atoms with E-state index in [-0.39, 0.29) is 17.2 Å². The highest BCUT2D eigenvalue weighted by Crippen LogP contribution is 2.31. The third-order valence-corrected chi connectivity index (χ3v) is 7.06. The van der Waals surface area contributed by atoms with Gasteiger partial charge in [-0.25, -0.2) is 13.2 Å². The van der Waals surface area contributed by atoms with Crippen LogP contribution in [0.3, 0.4) is 0 Å². The highest BCUT2D eigenvalue weighted by molar-refractivity contribution is 7.92. The number of benzene rings is 1. The number of sulfone groups is 1. The van der Waals surface area contributed by atoms with Gasteiger partial charge in [0.2, 0.25) is 0 Å². The van der Waals surface area contributed by atoms with E-state index in [1.54, 1.807) is 65.1 Å². The Morgan fingerprint density at radius 2 is 1.97 bits per heavy atom. The third kappa shape index (κ3) is 3.82. The summed E-state index contributed by atoms with van der Waals surface area (Å²) in [6, 6.07) is 6.59. The maximum Gasteiger partial charge on any atom is 0.356 e. The molecule has 0 aliphatic carbocycles. The van der Waals surface area contributed by atoms with E-state index in [0.29, 0.717) is 28.0 Å². The average Bonchev–Trinajstić information content (AvgIpc) is 3.01. The van der Waals surface area contributed by atoms with Crippen LogP contribution in [0.15, 0.2) is 35.4 Å². The average molecular weight is 417 g/mol. The molecule has 154 valence electrons. The van der Waals surface area contributed by atoms with Crippen LogP contribution >= 0.6 is 0 Å². The van der Waals surface area contributed by atoms with Crippen molar-refractivity contribution in [2.45, 2.75) is 44.3 Å². The molecular formula is C20H24N4O4S. The van der Waals surface area contributed by atoms with Gasteiger partial charge in [-0.05, 0) is 58.9 Å². The van der Waals surface area contributed by atoms with Crippen LogP contribution in [0.1, 0.15) is 43.7 Å². The van der Waals surface area contributed by atoms with E-state index in [1.807, 2.05) is 0 Å². The van der Waals surface area contributed by atoms with Crippen LogP contribution < -0.4 is 5.32 Å². The van der Waals surface area contributed by atoms with Gasteiger partial charge in [0.25, 0.3) is 0 Å². The number of pyridine rings is 1. The van der Waals surface area contributed by atoms with Crippen LogP contribution in [-0.2, 0) is 14.6 Å². The molecule has 0 fully saturated rings. The molecule has 0 unspecified atom stereocenters. The second kappa shape index (κ2) is 7.47. The molecule has 3 rings (SSSR count). The summed E-state index contributed by atoms with van der Waals surface area (Å²) >= 11 is 0. The third-order valence-electron chi connectivity index (χ3n) is 4.57. The number of carbonyl (C=O) groups excluding carboxylic acids is 1. The van der Waals surface area contributed by atoms with Gasteiger partial charge in [0.05, 0.1) is 27.5 Å². The van der Waals surface area contributed by atoms with Gasteiger partial charge in [0.1, 0.15) is 5.69 Å². The predicted octanol–water partition coefficient (Wildman–Crippen LogP) is 3.76. The van der Waals surface area contributed by atoms with Gasteiger partial charge in [0.15, 0.2) is 15.7 Å². The summed E-state index contributed by atoms with van der Waals surface area (Å²) in [5, 5.41) is 10.6. The first-order valence-electron chi connectivity index (χ1n) is 9.18. The fourth-order valence-electron chi connectivity index (χ4n) is 2.80. The molecule has 0 spiro atoms. The van der Waals surface area contributed by atoms with Crippen molar-refractivity contribution in [1.82, 2.24) is 15.2 Å². The number of carbonyl (C=O) groups is 1. The SMILES string of the molecule is CCOC(=O)c1[nH]nc(Nc2ccnc3ccc(S(=O)(=O)C(C)(C)C)cc23)c1C. The Kier molecular flexibility index (Phi) is 5.36. The number of aromatic nitrogens is 3. The zero-order chi connectivity index (χ0) is 21.4. The normalized spacial score (nSPS) is 12.2. The van der Waals surface area contributed by atoms with Gasteiger partial charge in [-0.3, -0.25) is 10.1 Å². The van der Waals surface area contributed by atoms with Gasteiger partial charge in [-0.1, -0.05) is 0 Å². The number of ether oxygens (including phenoxy) is 1. The molecule has 0 bridgehead atoms. The fraction of sp³-hybridized carbons (Fsp3) is 0.350. The highest BCUT2D eigenvalue weighted by atomic mass is 32.2. The lowest BCUT2D eigenvalue weighted by Gasteiger charge is -2.19. The molecule has 0 radical (unpaired) electrons. The Bertz CT molecular complexity index is 1180. The molecule has 0 saturated heterocycles. The zero-order valence-corrected chi connectivity index (χ0v) is 17.8. The molecule has 0 atom stereocenters. The summed E-state index contributed by atoms with van der Waals surface area (Å²) in [7, 11) is -3.52. The lowest BCUT2D eigenvalue weighted by atomic mass is 10.2. The molecule has 8 nitrogen and oxygen atoms in total. The molecule has 0 aliphatic heterocycles. The van der Waals surface area contributed by atoms with Crippen LogP contribution in [-0.4, -0.2) is 40.9 Å². The maximum atomic E-state index is 12.9. The van der Waals surface area contributed by atoms with Crippen molar-refractivity contribution in [2.24, 2.45) is 0 Å². The van der Waals surface area contributed by atoms with Gasteiger partial charge in [-0.2, -0.15) is 5.10 Å². The van der Waals surface area contributed by atoms with Crippen LogP contribution in [0.5, 0.6) is 0 Å². The Balaban J connectivity index is 2.05. The summed E-state index contributed by atoms with van der Waals surface area (Å²) in [4.78, 5) is 16.5. The van der Waals surface area contributed by atoms with Crippen LogP contribution in [0.2, 0.25) is 0 Å². The molecule has 2 N–H and O–H groups in total. The number of aromatic amines is 1. The minimum atomic E-state index is -3.52. The van der Waals surface area contributed by atoms with Gasteiger partial charge in [-0.15, -0.1) is 0 Å². The van der Waals surface area contributed by atoms with Gasteiger partial charge >= 0.3 is 5.97 Å². The van der Waals surface area contributed by atoms with Crippen LogP contribution in [0.4, 0.5) is 11.5 Å². The smallest absolute Gasteiger partial charge is 0.356 e. The molecule has 1 aromatic carbocycles. The molecule has 29 heavy (non-hydrogen) atoms. The Hall–Kier alpha value is -2.94. The summed E-state index contributed by atoms with van der Waals surface area (Å²) in [6.45, 7) is 8.74. The van der Waals surface area contributed by atoms with Crippen LogP contribution in [0, 0.1) is 6.92 Å². The number of rotatable bonds is 5. The van der Waals surface area contributed by atoms with Crippen molar-refractivity contribution in [1.29, 1.82) is 0 Å². The first kappa shape index (κ1) is 20.8. The largest absolute Gasteiger partial charge is 0.461 e. The van der Waals surface area contributed by atoms with Gasteiger partial charge < -0.3 is 10.1 Å². The van der Waals surface area contributed by atoms with Gasteiger partial charge in [0, 0.05) is 17.1 Å². The Morgan fingerprint density at radius 1 is 1.24 bits per heavy atom. The highest BCUT2D eigenvalue weighted by Gasteiger charge is 2.31. The first-order valence-corrected chi connectivity index (χ1v) is 10.7. The summed E-state index contributed by atoms with van der Waals surface area (Å²) in [5.41, 5.74) is 2.14. The minimum Gasteiger partial charge on any atom is -0.461 e. The molecule has 0 saturated carbocycles. The topological polar surface area (TPSA) is 114 Å². The number of nitrogens with one attached hydrogen (secondary N) is 2.